The van der Waals surface area contributed by atoms with Gasteiger partial charge in [0.1, 0.15) is 5.69 Å². The standard InChI is InChI=1S/C24H28N4O2S.C2H6/c1-16-21(31-28-12-8-22(29)24(15-28)9-10-24)13-20(27(16)2)23(30)26-14-17-5-3-7-19-18(17)6-4-11-25-19;1-2/h3-7,11,13,22,29H,8-10,12,14-15H2,1-2H3,(H,26,30);1-2H3. The zero-order valence-electron chi connectivity index (χ0n) is 20.0. The first-order valence-corrected chi connectivity index (χ1v) is 12.6. The van der Waals surface area contributed by atoms with Crippen molar-refractivity contribution in [2.24, 2.45) is 12.5 Å². The molecule has 176 valence electrons. The predicted molar refractivity (Wildman–Crippen MR) is 134 cm³/mol. The van der Waals surface area contributed by atoms with Crippen molar-refractivity contribution >= 4 is 28.8 Å². The predicted octanol–water partition coefficient (Wildman–Crippen LogP) is 4.69. The molecule has 1 aliphatic carbocycles. The number of piperidine rings is 1. The van der Waals surface area contributed by atoms with Crippen molar-refractivity contribution in [1.82, 2.24) is 19.2 Å². The average Bonchev–Trinajstić information content (AvgIpc) is 3.56. The zero-order valence-corrected chi connectivity index (χ0v) is 20.8. The van der Waals surface area contributed by atoms with Crippen LogP contribution in [0.4, 0.5) is 0 Å². The van der Waals surface area contributed by atoms with Crippen LogP contribution in [-0.4, -0.2) is 44.1 Å². The Morgan fingerprint density at radius 3 is 2.82 bits per heavy atom. The molecule has 2 aromatic heterocycles. The first-order valence-electron chi connectivity index (χ1n) is 11.8. The van der Waals surface area contributed by atoms with Crippen LogP contribution < -0.4 is 5.32 Å². The van der Waals surface area contributed by atoms with E-state index in [1.165, 1.54) is 0 Å². The van der Waals surface area contributed by atoms with Gasteiger partial charge in [0.25, 0.3) is 5.91 Å². The number of nitrogens with one attached hydrogen (secondary N) is 1. The van der Waals surface area contributed by atoms with Crippen LogP contribution in [0, 0.1) is 12.3 Å². The molecule has 33 heavy (non-hydrogen) atoms. The number of amides is 1. The molecule has 1 aromatic carbocycles. The van der Waals surface area contributed by atoms with Crippen LogP contribution >= 0.6 is 11.9 Å². The van der Waals surface area contributed by atoms with Gasteiger partial charge in [-0.3, -0.25) is 9.78 Å². The number of pyridine rings is 1. The molecule has 2 aliphatic rings. The van der Waals surface area contributed by atoms with Crippen molar-refractivity contribution in [3.63, 3.8) is 0 Å². The van der Waals surface area contributed by atoms with Crippen molar-refractivity contribution in [2.45, 2.75) is 57.6 Å². The van der Waals surface area contributed by atoms with Crippen molar-refractivity contribution in [3.8, 4) is 0 Å². The van der Waals surface area contributed by atoms with E-state index in [-0.39, 0.29) is 17.4 Å². The van der Waals surface area contributed by atoms with E-state index in [0.717, 1.165) is 59.4 Å². The summed E-state index contributed by atoms with van der Waals surface area (Å²) in [5.41, 5.74) is 3.85. The van der Waals surface area contributed by atoms with E-state index in [1.54, 1.807) is 18.1 Å². The Morgan fingerprint density at radius 1 is 1.27 bits per heavy atom. The van der Waals surface area contributed by atoms with Gasteiger partial charge in [-0.2, -0.15) is 0 Å². The number of aromatic nitrogens is 2. The van der Waals surface area contributed by atoms with Gasteiger partial charge >= 0.3 is 0 Å². The van der Waals surface area contributed by atoms with Crippen LogP contribution in [0.5, 0.6) is 0 Å². The van der Waals surface area contributed by atoms with Gasteiger partial charge in [0.15, 0.2) is 0 Å². The fourth-order valence-corrected chi connectivity index (χ4v) is 5.78. The fraction of sp³-hybridized carbons (Fsp3) is 0.462. The number of benzene rings is 1. The number of aliphatic hydroxyl groups is 1. The molecule has 1 aliphatic heterocycles. The minimum absolute atomic E-state index is 0.0777. The highest BCUT2D eigenvalue weighted by atomic mass is 32.2. The van der Waals surface area contributed by atoms with Crippen LogP contribution in [0.15, 0.2) is 47.5 Å². The number of nitrogens with zero attached hydrogens (tertiary/aromatic N) is 3. The summed E-state index contributed by atoms with van der Waals surface area (Å²) >= 11 is 1.72. The van der Waals surface area contributed by atoms with E-state index in [4.69, 9.17) is 0 Å². The second kappa shape index (κ2) is 9.87. The highest BCUT2D eigenvalue weighted by molar-refractivity contribution is 7.97. The van der Waals surface area contributed by atoms with Crippen molar-refractivity contribution in [1.29, 1.82) is 0 Å². The van der Waals surface area contributed by atoms with Crippen LogP contribution in [-0.2, 0) is 13.6 Å². The number of fused-ring (bicyclic) bond motifs is 1. The molecular weight excluding hydrogens is 432 g/mol. The summed E-state index contributed by atoms with van der Waals surface area (Å²) in [5, 5.41) is 14.4. The number of carbonyl (C=O) groups is 1. The Morgan fingerprint density at radius 2 is 2.06 bits per heavy atom. The molecule has 1 saturated carbocycles. The summed E-state index contributed by atoms with van der Waals surface area (Å²) in [5.74, 6) is -0.0777. The summed E-state index contributed by atoms with van der Waals surface area (Å²) in [6, 6.07) is 11.9. The van der Waals surface area contributed by atoms with Gasteiger partial charge in [-0.25, -0.2) is 4.31 Å². The summed E-state index contributed by atoms with van der Waals surface area (Å²) in [4.78, 5) is 18.5. The number of rotatable bonds is 5. The van der Waals surface area contributed by atoms with Gasteiger partial charge in [0.05, 0.1) is 11.6 Å². The molecule has 7 heteroatoms. The number of hydrogen-bond donors (Lipinski definition) is 2. The lowest BCUT2D eigenvalue weighted by molar-refractivity contribution is 0.0417. The first kappa shape index (κ1) is 23.8. The Kier molecular flexibility index (Phi) is 7.12. The third-order valence-electron chi connectivity index (χ3n) is 6.87. The topological polar surface area (TPSA) is 70.4 Å². The van der Waals surface area contributed by atoms with Crippen molar-refractivity contribution in [3.05, 3.63) is 59.5 Å². The third-order valence-corrected chi connectivity index (χ3v) is 8.05. The smallest absolute Gasteiger partial charge is 0.268 e. The average molecular weight is 467 g/mol. The van der Waals surface area contributed by atoms with Crippen molar-refractivity contribution in [2.75, 3.05) is 13.1 Å². The normalized spacial score (nSPS) is 19.2. The lowest BCUT2D eigenvalue weighted by Gasteiger charge is -2.35. The van der Waals surface area contributed by atoms with Crippen LogP contribution in [0.2, 0.25) is 0 Å². The summed E-state index contributed by atoms with van der Waals surface area (Å²) < 4.78 is 4.32. The van der Waals surface area contributed by atoms with E-state index in [0.29, 0.717) is 12.2 Å². The van der Waals surface area contributed by atoms with Gasteiger partial charge in [-0.1, -0.05) is 32.0 Å². The molecule has 1 saturated heterocycles. The van der Waals surface area contributed by atoms with Crippen LogP contribution in [0.3, 0.4) is 0 Å². The molecule has 0 radical (unpaired) electrons. The van der Waals surface area contributed by atoms with Crippen LogP contribution in [0.25, 0.3) is 10.9 Å². The maximum Gasteiger partial charge on any atom is 0.268 e. The Balaban J connectivity index is 0.00000126. The molecule has 0 bridgehead atoms. The molecule has 1 spiro atoms. The molecule has 1 unspecified atom stereocenters. The van der Waals surface area contributed by atoms with E-state index >= 15 is 0 Å². The van der Waals surface area contributed by atoms with Gasteiger partial charge in [0.2, 0.25) is 0 Å². The first-order chi connectivity index (χ1) is 16.0. The SMILES string of the molecule is CC.Cc1c(SN2CCC(O)C3(CC3)C2)cc(C(=O)NCc2cccc3ncccc23)n1C. The van der Waals surface area contributed by atoms with Gasteiger partial charge in [-0.05, 0) is 61.9 Å². The molecule has 1 atom stereocenters. The number of carbonyl (C=O) groups excluding carboxylic acids is 1. The minimum atomic E-state index is -0.160. The minimum Gasteiger partial charge on any atom is -0.392 e. The quantitative estimate of drug-likeness (QED) is 0.534. The maximum atomic E-state index is 13.0. The molecule has 5 rings (SSSR count). The summed E-state index contributed by atoms with van der Waals surface area (Å²) in [6.07, 6.45) is 4.69. The maximum absolute atomic E-state index is 13.0. The van der Waals surface area contributed by atoms with E-state index in [2.05, 4.69) is 21.5 Å². The van der Waals surface area contributed by atoms with Gasteiger partial charge < -0.3 is 15.0 Å². The number of hydrogen-bond acceptors (Lipinski definition) is 5. The third kappa shape index (κ3) is 4.81. The van der Waals surface area contributed by atoms with Crippen LogP contribution in [0.1, 0.15) is 54.9 Å². The van der Waals surface area contributed by atoms with Crippen molar-refractivity contribution < 1.29 is 9.90 Å². The molecule has 1 amide bonds. The highest BCUT2D eigenvalue weighted by Crippen LogP contribution is 2.53. The van der Waals surface area contributed by atoms with E-state index in [9.17, 15) is 9.90 Å². The van der Waals surface area contributed by atoms with Gasteiger partial charge in [-0.15, -0.1) is 0 Å². The molecule has 2 N–H and O–H groups in total. The van der Waals surface area contributed by atoms with E-state index < -0.39 is 0 Å². The second-order valence-electron chi connectivity index (χ2n) is 8.83. The highest BCUT2D eigenvalue weighted by Gasteiger charge is 2.52. The molecular formula is C26H34N4O2S. The fourth-order valence-electron chi connectivity index (χ4n) is 4.55. The molecule has 2 fully saturated rings. The monoisotopic (exact) mass is 466 g/mol. The second-order valence-corrected chi connectivity index (χ2v) is 9.97. The number of aliphatic hydroxyl groups excluding tert-OH is 1. The summed E-state index contributed by atoms with van der Waals surface area (Å²) in [6.45, 7) is 8.31. The Bertz CT molecular complexity index is 1130. The molecule has 6 nitrogen and oxygen atoms in total. The molecule has 3 heterocycles. The summed E-state index contributed by atoms with van der Waals surface area (Å²) in [7, 11) is 1.94. The van der Waals surface area contributed by atoms with E-state index in [1.807, 2.05) is 61.9 Å². The Hall–Kier alpha value is -2.35. The lowest BCUT2D eigenvalue weighted by atomic mass is 9.93. The Labute approximate surface area is 200 Å². The zero-order chi connectivity index (χ0) is 23.6. The van der Waals surface area contributed by atoms with Gasteiger partial charge in [0, 0.05) is 54.3 Å². The largest absolute Gasteiger partial charge is 0.392 e. The lowest BCUT2D eigenvalue weighted by Crippen LogP contribution is -2.41. The molecule has 3 aromatic rings.